The van der Waals surface area contributed by atoms with E-state index in [4.69, 9.17) is 16.0 Å². The first-order valence-corrected chi connectivity index (χ1v) is 8.94. The molecule has 0 aliphatic carbocycles. The molecule has 6 heteroatoms. The summed E-state index contributed by atoms with van der Waals surface area (Å²) >= 11 is 6.12. The number of halogens is 1. The fourth-order valence-electron chi connectivity index (χ4n) is 2.63. The lowest BCUT2D eigenvalue weighted by molar-refractivity contribution is -0.116. The molecule has 5 nitrogen and oxygen atoms in total. The van der Waals surface area contributed by atoms with Crippen molar-refractivity contribution in [1.82, 2.24) is 5.32 Å². The minimum Gasteiger partial charge on any atom is -0.467 e. The monoisotopic (exact) mass is 382 g/mol. The highest BCUT2D eigenvalue weighted by Gasteiger charge is 2.13. The van der Waals surface area contributed by atoms with Gasteiger partial charge in [0.05, 0.1) is 24.1 Å². The number of benzene rings is 2. The van der Waals surface area contributed by atoms with Crippen molar-refractivity contribution in [3.63, 3.8) is 0 Å². The highest BCUT2D eigenvalue weighted by atomic mass is 35.5. The number of carbonyl (C=O) groups excluding carboxylic acids is 2. The van der Waals surface area contributed by atoms with Crippen LogP contribution in [-0.2, 0) is 17.8 Å². The number of hydrogen-bond donors (Lipinski definition) is 2. The average molecular weight is 383 g/mol. The Morgan fingerprint density at radius 3 is 2.52 bits per heavy atom. The molecular formula is C21H19ClN2O3. The maximum atomic E-state index is 12.4. The minimum atomic E-state index is -0.284. The van der Waals surface area contributed by atoms with E-state index in [1.807, 2.05) is 18.2 Å². The van der Waals surface area contributed by atoms with Crippen molar-refractivity contribution in [1.29, 1.82) is 0 Å². The summed E-state index contributed by atoms with van der Waals surface area (Å²) in [7, 11) is 0. The van der Waals surface area contributed by atoms with Crippen molar-refractivity contribution in [3.8, 4) is 0 Å². The molecule has 27 heavy (non-hydrogen) atoms. The van der Waals surface area contributed by atoms with Crippen LogP contribution >= 0.6 is 11.6 Å². The number of para-hydroxylation sites is 1. The molecule has 0 unspecified atom stereocenters. The van der Waals surface area contributed by atoms with E-state index in [0.29, 0.717) is 28.5 Å². The van der Waals surface area contributed by atoms with Crippen LogP contribution < -0.4 is 10.6 Å². The SMILES string of the molecule is O=C(CCc1ccccc1Cl)Nc1ccccc1C(=O)NCc1ccco1. The summed E-state index contributed by atoms with van der Waals surface area (Å²) in [4.78, 5) is 24.8. The van der Waals surface area contributed by atoms with Crippen molar-refractivity contribution in [2.45, 2.75) is 19.4 Å². The fraction of sp³-hybridized carbons (Fsp3) is 0.143. The second kappa shape index (κ2) is 9.05. The molecule has 0 aliphatic rings. The average Bonchev–Trinajstić information content (AvgIpc) is 3.19. The largest absolute Gasteiger partial charge is 0.467 e. The van der Waals surface area contributed by atoms with Gasteiger partial charge in [-0.2, -0.15) is 0 Å². The Kier molecular flexibility index (Phi) is 6.28. The summed E-state index contributed by atoms with van der Waals surface area (Å²) in [5.41, 5.74) is 1.78. The number of amides is 2. The molecule has 0 atom stereocenters. The van der Waals surface area contributed by atoms with Gasteiger partial charge in [0, 0.05) is 11.4 Å². The Balaban J connectivity index is 1.60. The number of hydrogen-bond acceptors (Lipinski definition) is 3. The molecule has 3 rings (SSSR count). The van der Waals surface area contributed by atoms with E-state index in [2.05, 4.69) is 10.6 Å². The third kappa shape index (κ3) is 5.21. The molecule has 2 amide bonds. The fourth-order valence-corrected chi connectivity index (χ4v) is 2.86. The van der Waals surface area contributed by atoms with Crippen molar-refractivity contribution in [3.05, 3.63) is 88.8 Å². The van der Waals surface area contributed by atoms with Crippen molar-refractivity contribution < 1.29 is 14.0 Å². The molecule has 0 spiro atoms. The maximum absolute atomic E-state index is 12.4. The Morgan fingerprint density at radius 2 is 1.74 bits per heavy atom. The Labute approximate surface area is 162 Å². The zero-order valence-corrected chi connectivity index (χ0v) is 15.3. The molecule has 138 valence electrons. The second-order valence-electron chi connectivity index (χ2n) is 5.95. The molecule has 0 bridgehead atoms. The quantitative estimate of drug-likeness (QED) is 0.634. The van der Waals surface area contributed by atoms with Crippen LogP contribution in [0.2, 0.25) is 5.02 Å². The lowest BCUT2D eigenvalue weighted by Gasteiger charge is -2.11. The molecule has 0 saturated heterocycles. The smallest absolute Gasteiger partial charge is 0.253 e. The number of furan rings is 1. The van der Waals surface area contributed by atoms with Crippen molar-refractivity contribution in [2.24, 2.45) is 0 Å². The number of rotatable bonds is 7. The lowest BCUT2D eigenvalue weighted by atomic mass is 10.1. The van der Waals surface area contributed by atoms with Crippen LogP contribution in [0.25, 0.3) is 0 Å². The van der Waals surface area contributed by atoms with E-state index in [0.717, 1.165) is 5.56 Å². The van der Waals surface area contributed by atoms with Crippen LogP contribution in [0.1, 0.15) is 28.1 Å². The molecule has 1 aromatic heterocycles. The van der Waals surface area contributed by atoms with Gasteiger partial charge in [-0.15, -0.1) is 0 Å². The number of aryl methyl sites for hydroxylation is 1. The van der Waals surface area contributed by atoms with Crippen molar-refractivity contribution in [2.75, 3.05) is 5.32 Å². The van der Waals surface area contributed by atoms with Gasteiger partial charge in [-0.3, -0.25) is 9.59 Å². The summed E-state index contributed by atoms with van der Waals surface area (Å²) in [5.74, 6) is 0.194. The van der Waals surface area contributed by atoms with E-state index >= 15 is 0 Å². The molecule has 0 radical (unpaired) electrons. The first kappa shape index (κ1) is 18.7. The van der Waals surface area contributed by atoms with E-state index < -0.39 is 0 Å². The van der Waals surface area contributed by atoms with Crippen LogP contribution in [0.5, 0.6) is 0 Å². The van der Waals surface area contributed by atoms with Crippen LogP contribution in [0.4, 0.5) is 5.69 Å². The van der Waals surface area contributed by atoms with Gasteiger partial charge in [0.25, 0.3) is 5.91 Å². The molecule has 2 aromatic carbocycles. The van der Waals surface area contributed by atoms with Gasteiger partial charge in [0.1, 0.15) is 5.76 Å². The van der Waals surface area contributed by atoms with E-state index in [1.54, 1.807) is 48.7 Å². The standard InChI is InChI=1S/C21H19ClN2O3/c22-18-9-3-1-6-15(18)11-12-20(25)24-19-10-4-2-8-17(19)21(26)23-14-16-7-5-13-27-16/h1-10,13H,11-12,14H2,(H,23,26)(H,24,25). The first-order chi connectivity index (χ1) is 13.1. The molecule has 0 fully saturated rings. The van der Waals surface area contributed by atoms with Gasteiger partial charge in [-0.25, -0.2) is 0 Å². The molecule has 0 saturated carbocycles. The molecule has 0 aliphatic heterocycles. The number of anilines is 1. The van der Waals surface area contributed by atoms with Gasteiger partial charge < -0.3 is 15.1 Å². The van der Waals surface area contributed by atoms with Crippen LogP contribution in [0.15, 0.2) is 71.3 Å². The third-order valence-electron chi connectivity index (χ3n) is 4.03. The van der Waals surface area contributed by atoms with Gasteiger partial charge in [0.15, 0.2) is 0 Å². The molecule has 2 N–H and O–H groups in total. The predicted molar refractivity (Wildman–Crippen MR) is 105 cm³/mol. The minimum absolute atomic E-state index is 0.179. The van der Waals surface area contributed by atoms with Crippen molar-refractivity contribution >= 4 is 29.1 Å². The van der Waals surface area contributed by atoms with Gasteiger partial charge in [-0.1, -0.05) is 41.9 Å². The van der Waals surface area contributed by atoms with E-state index in [1.165, 1.54) is 0 Å². The highest BCUT2D eigenvalue weighted by Crippen LogP contribution is 2.18. The summed E-state index contributed by atoms with van der Waals surface area (Å²) in [6, 6.07) is 17.9. The third-order valence-corrected chi connectivity index (χ3v) is 4.40. The molecular weight excluding hydrogens is 364 g/mol. The number of carbonyl (C=O) groups is 2. The van der Waals surface area contributed by atoms with Crippen LogP contribution in [0.3, 0.4) is 0 Å². The maximum Gasteiger partial charge on any atom is 0.253 e. The first-order valence-electron chi connectivity index (χ1n) is 8.56. The van der Waals surface area contributed by atoms with Gasteiger partial charge in [-0.05, 0) is 42.3 Å². The van der Waals surface area contributed by atoms with E-state index in [9.17, 15) is 9.59 Å². The summed E-state index contributed by atoms with van der Waals surface area (Å²) in [5, 5.41) is 6.23. The Morgan fingerprint density at radius 1 is 0.963 bits per heavy atom. The zero-order chi connectivity index (χ0) is 19.1. The molecule has 1 heterocycles. The van der Waals surface area contributed by atoms with Crippen LogP contribution in [-0.4, -0.2) is 11.8 Å². The predicted octanol–water partition coefficient (Wildman–Crippen LogP) is 4.43. The second-order valence-corrected chi connectivity index (χ2v) is 6.35. The summed E-state index contributed by atoms with van der Waals surface area (Å²) in [6.45, 7) is 0.278. The zero-order valence-electron chi connectivity index (χ0n) is 14.6. The highest BCUT2D eigenvalue weighted by molar-refractivity contribution is 6.31. The van der Waals surface area contributed by atoms with Gasteiger partial charge in [0.2, 0.25) is 5.91 Å². The summed E-state index contributed by atoms with van der Waals surface area (Å²) in [6.07, 6.45) is 2.35. The summed E-state index contributed by atoms with van der Waals surface area (Å²) < 4.78 is 5.20. The Bertz CT molecular complexity index is 923. The normalized spacial score (nSPS) is 10.4. The topological polar surface area (TPSA) is 71.3 Å². The Hall–Kier alpha value is -3.05. The lowest BCUT2D eigenvalue weighted by Crippen LogP contribution is -2.24. The van der Waals surface area contributed by atoms with E-state index in [-0.39, 0.29) is 24.8 Å². The molecule has 3 aromatic rings. The van der Waals surface area contributed by atoms with Gasteiger partial charge >= 0.3 is 0 Å². The van der Waals surface area contributed by atoms with Crippen LogP contribution in [0, 0.1) is 0 Å². The number of nitrogens with one attached hydrogen (secondary N) is 2.